The normalized spacial score (nSPS) is 11.5. The van der Waals surface area contributed by atoms with E-state index in [1.54, 1.807) is 0 Å². The summed E-state index contributed by atoms with van der Waals surface area (Å²) < 4.78 is 38.1. The number of hydrogen-bond acceptors (Lipinski definition) is 3. The molecule has 0 amide bonds. The van der Waals surface area contributed by atoms with Crippen LogP contribution in [0.4, 0.5) is 18.9 Å². The first-order valence-corrected chi connectivity index (χ1v) is 4.75. The molecular formula is C10H6F3N3O2. The molecule has 0 bridgehead atoms. The van der Waals surface area contributed by atoms with Crippen LogP contribution in [0.3, 0.4) is 0 Å². The standard InChI is InChI=1S/C10H6F3N3O2/c11-10(12,13)7-5-6(8-3-4-14-15-8)1-2-9(7)16(17)18/h1-5H,(H,14,15). The Morgan fingerprint density at radius 3 is 2.50 bits per heavy atom. The lowest BCUT2D eigenvalue weighted by Crippen LogP contribution is -2.09. The van der Waals surface area contributed by atoms with Crippen molar-refractivity contribution in [3.63, 3.8) is 0 Å². The average molecular weight is 257 g/mol. The zero-order valence-corrected chi connectivity index (χ0v) is 8.73. The Morgan fingerprint density at radius 1 is 1.28 bits per heavy atom. The van der Waals surface area contributed by atoms with Crippen LogP contribution in [0, 0.1) is 10.1 Å². The Bertz CT molecular complexity index is 579. The molecule has 8 heteroatoms. The number of hydrogen-bond donors (Lipinski definition) is 1. The highest BCUT2D eigenvalue weighted by atomic mass is 19.4. The van der Waals surface area contributed by atoms with E-state index in [9.17, 15) is 23.3 Å². The van der Waals surface area contributed by atoms with Gasteiger partial charge in [-0.15, -0.1) is 0 Å². The highest BCUT2D eigenvalue weighted by Gasteiger charge is 2.38. The third-order valence-corrected chi connectivity index (χ3v) is 2.30. The fourth-order valence-electron chi connectivity index (χ4n) is 1.50. The summed E-state index contributed by atoms with van der Waals surface area (Å²) in [6.07, 6.45) is -3.33. The Morgan fingerprint density at radius 2 is 2.00 bits per heavy atom. The van der Waals surface area contributed by atoms with Crippen LogP contribution >= 0.6 is 0 Å². The van der Waals surface area contributed by atoms with Gasteiger partial charge < -0.3 is 0 Å². The molecule has 0 aliphatic rings. The van der Waals surface area contributed by atoms with Crippen molar-refractivity contribution in [2.24, 2.45) is 0 Å². The third-order valence-electron chi connectivity index (χ3n) is 2.30. The molecular weight excluding hydrogens is 251 g/mol. The largest absolute Gasteiger partial charge is 0.423 e. The number of nitro groups is 1. The molecule has 1 aromatic carbocycles. The minimum absolute atomic E-state index is 0.161. The molecule has 0 unspecified atom stereocenters. The third kappa shape index (κ3) is 2.17. The molecule has 0 fully saturated rings. The first kappa shape index (κ1) is 12.1. The van der Waals surface area contributed by atoms with Gasteiger partial charge in [0.15, 0.2) is 0 Å². The fraction of sp³-hybridized carbons (Fsp3) is 0.100. The van der Waals surface area contributed by atoms with Gasteiger partial charge in [-0.25, -0.2) is 0 Å². The van der Waals surface area contributed by atoms with Crippen LogP contribution in [0.5, 0.6) is 0 Å². The predicted molar refractivity (Wildman–Crippen MR) is 55.7 cm³/mol. The number of rotatable bonds is 2. The lowest BCUT2D eigenvalue weighted by atomic mass is 10.1. The molecule has 0 saturated heterocycles. The van der Waals surface area contributed by atoms with Gasteiger partial charge >= 0.3 is 6.18 Å². The Balaban J connectivity index is 2.60. The van der Waals surface area contributed by atoms with E-state index < -0.39 is 22.4 Å². The van der Waals surface area contributed by atoms with Crippen LogP contribution in [-0.4, -0.2) is 15.1 Å². The van der Waals surface area contributed by atoms with E-state index >= 15 is 0 Å². The lowest BCUT2D eigenvalue weighted by molar-refractivity contribution is -0.388. The van der Waals surface area contributed by atoms with Crippen molar-refractivity contribution in [1.82, 2.24) is 10.2 Å². The van der Waals surface area contributed by atoms with Gasteiger partial charge in [0, 0.05) is 17.8 Å². The Kier molecular flexibility index (Phi) is 2.77. The van der Waals surface area contributed by atoms with Crippen LogP contribution in [0.2, 0.25) is 0 Å². The van der Waals surface area contributed by atoms with Crippen molar-refractivity contribution >= 4 is 5.69 Å². The molecule has 2 aromatic rings. The van der Waals surface area contributed by atoms with Crippen molar-refractivity contribution < 1.29 is 18.1 Å². The second-order valence-corrected chi connectivity index (χ2v) is 3.45. The predicted octanol–water partition coefficient (Wildman–Crippen LogP) is 3.00. The highest BCUT2D eigenvalue weighted by molar-refractivity contribution is 5.63. The van der Waals surface area contributed by atoms with Crippen molar-refractivity contribution in [3.05, 3.63) is 46.1 Å². The summed E-state index contributed by atoms with van der Waals surface area (Å²) in [6, 6.07) is 4.24. The number of alkyl halides is 3. The average Bonchev–Trinajstić information content (AvgIpc) is 2.80. The minimum atomic E-state index is -4.78. The molecule has 1 heterocycles. The molecule has 0 saturated carbocycles. The number of H-pyrrole nitrogens is 1. The Hall–Kier alpha value is -2.38. The van der Waals surface area contributed by atoms with Gasteiger partial charge in [0.25, 0.3) is 5.69 Å². The second-order valence-electron chi connectivity index (χ2n) is 3.45. The van der Waals surface area contributed by atoms with Gasteiger partial charge in [-0.1, -0.05) is 0 Å². The maximum absolute atomic E-state index is 12.7. The van der Waals surface area contributed by atoms with E-state index in [0.29, 0.717) is 6.07 Å². The molecule has 5 nitrogen and oxygen atoms in total. The van der Waals surface area contributed by atoms with Crippen LogP contribution in [-0.2, 0) is 6.18 Å². The molecule has 1 aromatic heterocycles. The van der Waals surface area contributed by atoms with Gasteiger partial charge in [0.1, 0.15) is 5.56 Å². The topological polar surface area (TPSA) is 71.8 Å². The van der Waals surface area contributed by atoms with Gasteiger partial charge in [-0.05, 0) is 18.2 Å². The second kappa shape index (κ2) is 4.13. The first-order chi connectivity index (χ1) is 8.39. The zero-order chi connectivity index (χ0) is 13.3. The minimum Gasteiger partial charge on any atom is -0.285 e. The van der Waals surface area contributed by atoms with E-state index in [-0.39, 0.29) is 11.3 Å². The monoisotopic (exact) mass is 257 g/mol. The maximum atomic E-state index is 12.7. The summed E-state index contributed by atoms with van der Waals surface area (Å²) >= 11 is 0. The maximum Gasteiger partial charge on any atom is 0.423 e. The zero-order valence-electron chi connectivity index (χ0n) is 8.73. The van der Waals surface area contributed by atoms with Crippen LogP contribution < -0.4 is 0 Å². The van der Waals surface area contributed by atoms with Gasteiger partial charge in [-0.2, -0.15) is 18.3 Å². The number of aromatic nitrogens is 2. The highest BCUT2D eigenvalue weighted by Crippen LogP contribution is 2.38. The number of aromatic amines is 1. The molecule has 1 N–H and O–H groups in total. The Labute approximate surface area is 98.4 Å². The fourth-order valence-corrected chi connectivity index (χ4v) is 1.50. The van der Waals surface area contributed by atoms with Crippen molar-refractivity contribution in [1.29, 1.82) is 0 Å². The molecule has 94 valence electrons. The first-order valence-electron chi connectivity index (χ1n) is 4.75. The smallest absolute Gasteiger partial charge is 0.285 e. The van der Waals surface area contributed by atoms with Gasteiger partial charge in [0.05, 0.1) is 10.6 Å². The SMILES string of the molecule is O=[N+]([O-])c1ccc(-c2cc[nH]n2)cc1C(F)(F)F. The van der Waals surface area contributed by atoms with Crippen LogP contribution in [0.25, 0.3) is 11.3 Å². The quantitative estimate of drug-likeness (QED) is 0.664. The van der Waals surface area contributed by atoms with Crippen LogP contribution in [0.15, 0.2) is 30.5 Å². The summed E-state index contributed by atoms with van der Waals surface area (Å²) in [5, 5.41) is 16.7. The molecule has 18 heavy (non-hydrogen) atoms. The number of nitrogens with one attached hydrogen (secondary N) is 1. The van der Waals surface area contributed by atoms with E-state index in [1.165, 1.54) is 18.3 Å². The number of benzene rings is 1. The van der Waals surface area contributed by atoms with Crippen LogP contribution in [0.1, 0.15) is 5.56 Å². The molecule has 2 rings (SSSR count). The number of nitro benzene ring substituents is 1. The summed E-state index contributed by atoms with van der Waals surface area (Å²) in [5.74, 6) is 0. The number of halogens is 3. The molecule has 0 atom stereocenters. The van der Waals surface area contributed by atoms with Crippen molar-refractivity contribution in [3.8, 4) is 11.3 Å². The molecule has 0 radical (unpaired) electrons. The molecule has 0 aliphatic carbocycles. The lowest BCUT2D eigenvalue weighted by Gasteiger charge is -2.08. The summed E-state index contributed by atoms with van der Waals surface area (Å²) in [7, 11) is 0. The van der Waals surface area contributed by atoms with Crippen molar-refractivity contribution in [2.45, 2.75) is 6.18 Å². The van der Waals surface area contributed by atoms with Crippen molar-refractivity contribution in [2.75, 3.05) is 0 Å². The van der Waals surface area contributed by atoms with E-state index in [1.807, 2.05) is 0 Å². The van der Waals surface area contributed by atoms with E-state index in [2.05, 4.69) is 10.2 Å². The molecule has 0 spiro atoms. The summed E-state index contributed by atoms with van der Waals surface area (Å²) in [4.78, 5) is 9.49. The van der Waals surface area contributed by atoms with E-state index in [0.717, 1.165) is 6.07 Å². The van der Waals surface area contributed by atoms with Gasteiger partial charge in [0.2, 0.25) is 0 Å². The van der Waals surface area contributed by atoms with E-state index in [4.69, 9.17) is 0 Å². The summed E-state index contributed by atoms with van der Waals surface area (Å²) in [5.41, 5.74) is -1.81. The summed E-state index contributed by atoms with van der Waals surface area (Å²) in [6.45, 7) is 0. The number of nitrogens with zero attached hydrogens (tertiary/aromatic N) is 2. The molecule has 0 aliphatic heterocycles. The van der Waals surface area contributed by atoms with Gasteiger partial charge in [-0.3, -0.25) is 15.2 Å².